The largest absolute Gasteiger partial charge is 0.385 e. The van der Waals surface area contributed by atoms with Gasteiger partial charge in [0.1, 0.15) is 0 Å². The van der Waals surface area contributed by atoms with Gasteiger partial charge in [-0.1, -0.05) is 22.9 Å². The molecule has 0 spiro atoms. The van der Waals surface area contributed by atoms with Gasteiger partial charge in [0.2, 0.25) is 0 Å². The van der Waals surface area contributed by atoms with Gasteiger partial charge in [0.25, 0.3) is 0 Å². The summed E-state index contributed by atoms with van der Waals surface area (Å²) >= 11 is 3.45. The number of rotatable bonds is 8. The summed E-state index contributed by atoms with van der Waals surface area (Å²) in [6, 6.07) is 0. The highest BCUT2D eigenvalue weighted by Gasteiger charge is 1.99. The minimum absolute atomic E-state index is 0.895. The lowest BCUT2D eigenvalue weighted by molar-refractivity contribution is 0.186. The zero-order valence-corrected chi connectivity index (χ0v) is 9.77. The number of nitrogens with zero attached hydrogens (tertiary/aromatic N) is 1. The van der Waals surface area contributed by atoms with Crippen molar-refractivity contribution >= 4 is 15.9 Å². The minimum atomic E-state index is 0.895. The van der Waals surface area contributed by atoms with Crippen molar-refractivity contribution in [3.63, 3.8) is 0 Å². The second kappa shape index (κ2) is 9.49. The Morgan fingerprint density at radius 1 is 1.25 bits per heavy atom. The summed E-state index contributed by atoms with van der Waals surface area (Å²) in [6.07, 6.45) is 2.42. The third-order valence-corrected chi connectivity index (χ3v) is 2.28. The van der Waals surface area contributed by atoms with Gasteiger partial charge in [-0.05, 0) is 25.9 Å². The molecule has 74 valence electrons. The summed E-state index contributed by atoms with van der Waals surface area (Å²) in [5, 5.41) is 1.07. The SMILES string of the molecule is CCN(CCBr)CCCCOC. The molecule has 0 saturated heterocycles. The van der Waals surface area contributed by atoms with Crippen molar-refractivity contribution in [3.8, 4) is 0 Å². The first-order valence-corrected chi connectivity index (χ1v) is 5.74. The van der Waals surface area contributed by atoms with Gasteiger partial charge in [-0.15, -0.1) is 0 Å². The number of hydrogen-bond donors (Lipinski definition) is 0. The van der Waals surface area contributed by atoms with Crippen LogP contribution >= 0.6 is 15.9 Å². The Balaban J connectivity index is 3.19. The van der Waals surface area contributed by atoms with Crippen LogP contribution in [-0.2, 0) is 4.74 Å². The molecular formula is C9H20BrNO. The Labute approximate surface area is 84.4 Å². The predicted molar refractivity (Wildman–Crippen MR) is 57.0 cm³/mol. The van der Waals surface area contributed by atoms with E-state index < -0.39 is 0 Å². The molecule has 0 amide bonds. The van der Waals surface area contributed by atoms with Crippen LogP contribution in [0.25, 0.3) is 0 Å². The van der Waals surface area contributed by atoms with Crippen LogP contribution in [0, 0.1) is 0 Å². The third kappa shape index (κ3) is 7.07. The average molecular weight is 238 g/mol. The molecule has 3 heteroatoms. The summed E-state index contributed by atoms with van der Waals surface area (Å²) in [5.74, 6) is 0. The lowest BCUT2D eigenvalue weighted by Crippen LogP contribution is -2.26. The van der Waals surface area contributed by atoms with E-state index in [2.05, 4.69) is 27.8 Å². The molecule has 0 radical (unpaired) electrons. The van der Waals surface area contributed by atoms with Gasteiger partial charge in [0.05, 0.1) is 0 Å². The summed E-state index contributed by atoms with van der Waals surface area (Å²) < 4.78 is 4.99. The standard InChI is InChI=1S/C9H20BrNO/c1-3-11(8-6-10)7-4-5-9-12-2/h3-9H2,1-2H3. The Bertz CT molecular complexity index is 90.6. The molecule has 2 nitrogen and oxygen atoms in total. The highest BCUT2D eigenvalue weighted by molar-refractivity contribution is 9.09. The van der Waals surface area contributed by atoms with Crippen molar-refractivity contribution < 1.29 is 4.74 Å². The number of hydrogen-bond acceptors (Lipinski definition) is 2. The zero-order chi connectivity index (χ0) is 9.23. The lowest BCUT2D eigenvalue weighted by Gasteiger charge is -2.18. The molecule has 0 heterocycles. The maximum Gasteiger partial charge on any atom is 0.0462 e. The van der Waals surface area contributed by atoms with Crippen molar-refractivity contribution in [1.29, 1.82) is 0 Å². The molecular weight excluding hydrogens is 218 g/mol. The monoisotopic (exact) mass is 237 g/mol. The molecule has 0 aliphatic heterocycles. The van der Waals surface area contributed by atoms with Gasteiger partial charge in [-0.3, -0.25) is 0 Å². The molecule has 0 aromatic carbocycles. The van der Waals surface area contributed by atoms with Gasteiger partial charge in [-0.2, -0.15) is 0 Å². The Kier molecular flexibility index (Phi) is 9.80. The van der Waals surface area contributed by atoms with Crippen molar-refractivity contribution in [1.82, 2.24) is 4.90 Å². The van der Waals surface area contributed by atoms with Gasteiger partial charge in [0.15, 0.2) is 0 Å². The van der Waals surface area contributed by atoms with E-state index in [0.717, 1.165) is 25.0 Å². The normalized spacial score (nSPS) is 11.0. The Morgan fingerprint density at radius 2 is 2.00 bits per heavy atom. The number of methoxy groups -OCH3 is 1. The van der Waals surface area contributed by atoms with Crippen LogP contribution in [0.4, 0.5) is 0 Å². The van der Waals surface area contributed by atoms with Crippen LogP contribution in [0.3, 0.4) is 0 Å². The zero-order valence-electron chi connectivity index (χ0n) is 8.18. The van der Waals surface area contributed by atoms with E-state index in [0.29, 0.717) is 0 Å². The van der Waals surface area contributed by atoms with Gasteiger partial charge in [-0.25, -0.2) is 0 Å². The lowest BCUT2D eigenvalue weighted by atomic mass is 10.3. The highest BCUT2D eigenvalue weighted by Crippen LogP contribution is 1.96. The molecule has 0 fully saturated rings. The maximum absolute atomic E-state index is 4.99. The number of halogens is 1. The van der Waals surface area contributed by atoms with E-state index in [-0.39, 0.29) is 0 Å². The highest BCUT2D eigenvalue weighted by atomic mass is 79.9. The minimum Gasteiger partial charge on any atom is -0.385 e. The number of alkyl halides is 1. The van der Waals surface area contributed by atoms with Crippen LogP contribution in [0.1, 0.15) is 19.8 Å². The third-order valence-electron chi connectivity index (χ3n) is 1.92. The Hall–Kier alpha value is 0.400. The molecule has 0 N–H and O–H groups in total. The molecule has 0 atom stereocenters. The topological polar surface area (TPSA) is 12.5 Å². The van der Waals surface area contributed by atoms with Crippen molar-refractivity contribution in [2.45, 2.75) is 19.8 Å². The Morgan fingerprint density at radius 3 is 2.50 bits per heavy atom. The van der Waals surface area contributed by atoms with Crippen LogP contribution in [0.5, 0.6) is 0 Å². The van der Waals surface area contributed by atoms with Gasteiger partial charge in [0, 0.05) is 25.6 Å². The van der Waals surface area contributed by atoms with Gasteiger partial charge < -0.3 is 9.64 Å². The van der Waals surface area contributed by atoms with Gasteiger partial charge >= 0.3 is 0 Å². The summed E-state index contributed by atoms with van der Waals surface area (Å²) in [5.41, 5.74) is 0. The fourth-order valence-electron chi connectivity index (χ4n) is 1.13. The van der Waals surface area contributed by atoms with Crippen molar-refractivity contribution in [3.05, 3.63) is 0 Å². The van der Waals surface area contributed by atoms with Crippen LogP contribution in [0.15, 0.2) is 0 Å². The fraction of sp³-hybridized carbons (Fsp3) is 1.00. The second-order valence-electron chi connectivity index (χ2n) is 2.82. The maximum atomic E-state index is 4.99. The van der Waals surface area contributed by atoms with E-state index in [1.54, 1.807) is 7.11 Å². The number of ether oxygens (including phenoxy) is 1. The molecule has 0 aliphatic carbocycles. The predicted octanol–water partition coefficient (Wildman–Crippen LogP) is 2.13. The quantitative estimate of drug-likeness (QED) is 0.474. The summed E-state index contributed by atoms with van der Waals surface area (Å²) in [7, 11) is 1.76. The molecule has 12 heavy (non-hydrogen) atoms. The number of unbranched alkanes of at least 4 members (excludes halogenated alkanes) is 1. The van der Waals surface area contributed by atoms with E-state index in [4.69, 9.17) is 4.74 Å². The average Bonchev–Trinajstić information content (AvgIpc) is 2.10. The molecule has 0 saturated carbocycles. The first kappa shape index (κ1) is 12.4. The van der Waals surface area contributed by atoms with E-state index in [1.165, 1.54) is 19.4 Å². The molecule has 0 bridgehead atoms. The van der Waals surface area contributed by atoms with Crippen LogP contribution in [0.2, 0.25) is 0 Å². The first-order valence-electron chi connectivity index (χ1n) is 4.62. The smallest absolute Gasteiger partial charge is 0.0462 e. The van der Waals surface area contributed by atoms with E-state index >= 15 is 0 Å². The first-order chi connectivity index (χ1) is 5.85. The summed E-state index contributed by atoms with van der Waals surface area (Å²) in [6.45, 7) is 6.61. The molecule has 0 rings (SSSR count). The molecule has 0 aromatic heterocycles. The van der Waals surface area contributed by atoms with E-state index in [9.17, 15) is 0 Å². The fourth-order valence-corrected chi connectivity index (χ4v) is 1.63. The molecule has 0 unspecified atom stereocenters. The van der Waals surface area contributed by atoms with Crippen LogP contribution in [-0.4, -0.2) is 43.6 Å². The summed E-state index contributed by atoms with van der Waals surface area (Å²) in [4.78, 5) is 2.45. The molecule has 0 aromatic rings. The molecule has 0 aliphatic rings. The van der Waals surface area contributed by atoms with Crippen molar-refractivity contribution in [2.75, 3.05) is 38.7 Å². The van der Waals surface area contributed by atoms with Crippen molar-refractivity contribution in [2.24, 2.45) is 0 Å². The van der Waals surface area contributed by atoms with E-state index in [1.807, 2.05) is 0 Å². The van der Waals surface area contributed by atoms with Crippen LogP contribution < -0.4 is 0 Å². The second-order valence-corrected chi connectivity index (χ2v) is 3.62.